The Hall–Kier alpha value is -1.59. The highest BCUT2D eigenvalue weighted by atomic mass is 35.5. The third-order valence-electron chi connectivity index (χ3n) is 5.23. The highest BCUT2D eigenvalue weighted by Crippen LogP contribution is 2.33. The van der Waals surface area contributed by atoms with Crippen LogP contribution in [0.3, 0.4) is 0 Å². The van der Waals surface area contributed by atoms with E-state index in [0.717, 1.165) is 17.1 Å². The number of amidine groups is 1. The lowest BCUT2D eigenvalue weighted by Crippen LogP contribution is -2.45. The van der Waals surface area contributed by atoms with Gasteiger partial charge in [0.2, 0.25) is 0 Å². The predicted octanol–water partition coefficient (Wildman–Crippen LogP) is 7.65. The molecule has 164 valence electrons. The summed E-state index contributed by atoms with van der Waals surface area (Å²) in [4.78, 5) is 7.17. The Bertz CT molecular complexity index is 1040. The third-order valence-corrected chi connectivity index (χ3v) is 6.33. The van der Waals surface area contributed by atoms with Crippen molar-refractivity contribution >= 4 is 69.7 Å². The van der Waals surface area contributed by atoms with Crippen LogP contribution in [0.15, 0.2) is 53.5 Å². The number of hydrogen-bond donors (Lipinski definition) is 1. The summed E-state index contributed by atoms with van der Waals surface area (Å²) in [5, 5.41) is 5.85. The molecule has 1 atom stereocenters. The van der Waals surface area contributed by atoms with E-state index in [4.69, 9.17) is 52.0 Å². The van der Waals surface area contributed by atoms with E-state index in [1.807, 2.05) is 42.5 Å². The van der Waals surface area contributed by atoms with Gasteiger partial charge in [0.25, 0.3) is 0 Å². The fourth-order valence-corrected chi connectivity index (χ4v) is 4.41. The number of halogens is 3. The topological polar surface area (TPSA) is 27.6 Å². The minimum absolute atomic E-state index is 0.103. The van der Waals surface area contributed by atoms with E-state index in [2.05, 4.69) is 50.9 Å². The number of anilines is 1. The maximum absolute atomic E-state index is 6.34. The zero-order valence-electron chi connectivity index (χ0n) is 18.2. The first kappa shape index (κ1) is 24.1. The Balaban J connectivity index is 1.96. The highest BCUT2D eigenvalue weighted by molar-refractivity contribution is 7.80. The molecule has 0 aromatic heterocycles. The summed E-state index contributed by atoms with van der Waals surface area (Å²) in [6, 6.07) is 13.0. The molecule has 0 amide bonds. The average molecular weight is 495 g/mol. The van der Waals surface area contributed by atoms with Crippen LogP contribution in [0.5, 0.6) is 0 Å². The van der Waals surface area contributed by atoms with Gasteiger partial charge in [0.1, 0.15) is 5.84 Å². The highest BCUT2D eigenvalue weighted by Gasteiger charge is 2.43. The van der Waals surface area contributed by atoms with Crippen LogP contribution in [0.4, 0.5) is 5.69 Å². The van der Waals surface area contributed by atoms with Crippen molar-refractivity contribution in [3.8, 4) is 0 Å². The summed E-state index contributed by atoms with van der Waals surface area (Å²) >= 11 is 24.1. The number of benzene rings is 2. The SMILES string of the molecule is CC(C)(C)[C@H](/C=C/c1ccc(Cl)cc1Cl)N=C1NC(=S)N(c2ccc(Cl)cc2)C1(C)C. The first-order valence-electron chi connectivity index (χ1n) is 9.98. The van der Waals surface area contributed by atoms with Crippen LogP contribution in [0.1, 0.15) is 40.2 Å². The quantitative estimate of drug-likeness (QED) is 0.442. The van der Waals surface area contributed by atoms with Crippen molar-refractivity contribution < 1.29 is 0 Å². The van der Waals surface area contributed by atoms with Crippen molar-refractivity contribution in [3.05, 3.63) is 69.2 Å². The predicted molar refractivity (Wildman–Crippen MR) is 140 cm³/mol. The largest absolute Gasteiger partial charge is 0.319 e. The van der Waals surface area contributed by atoms with Crippen molar-refractivity contribution in [2.45, 2.75) is 46.2 Å². The van der Waals surface area contributed by atoms with Gasteiger partial charge in [-0.15, -0.1) is 0 Å². The van der Waals surface area contributed by atoms with Crippen LogP contribution in [0, 0.1) is 5.41 Å². The second-order valence-electron chi connectivity index (χ2n) is 9.11. The number of hydrogen-bond acceptors (Lipinski definition) is 2. The average Bonchev–Trinajstić information content (AvgIpc) is 2.88. The molecule has 0 bridgehead atoms. The number of aliphatic imine (C=N–C) groups is 1. The van der Waals surface area contributed by atoms with Gasteiger partial charge in [-0.1, -0.05) is 73.8 Å². The second kappa shape index (κ2) is 9.11. The van der Waals surface area contributed by atoms with Crippen molar-refractivity contribution in [1.82, 2.24) is 5.32 Å². The zero-order chi connectivity index (χ0) is 23.0. The first-order valence-corrected chi connectivity index (χ1v) is 11.5. The van der Waals surface area contributed by atoms with Crippen LogP contribution in [0.2, 0.25) is 15.1 Å². The molecule has 0 aliphatic carbocycles. The molecule has 31 heavy (non-hydrogen) atoms. The van der Waals surface area contributed by atoms with E-state index in [-0.39, 0.29) is 11.5 Å². The van der Waals surface area contributed by atoms with Crippen LogP contribution >= 0.6 is 47.0 Å². The van der Waals surface area contributed by atoms with Gasteiger partial charge in [0.15, 0.2) is 5.11 Å². The molecule has 1 heterocycles. The van der Waals surface area contributed by atoms with Gasteiger partial charge in [-0.2, -0.15) is 0 Å². The molecule has 1 N–H and O–H groups in total. The van der Waals surface area contributed by atoms with Crippen molar-refractivity contribution in [1.29, 1.82) is 0 Å². The summed E-state index contributed by atoms with van der Waals surface area (Å²) in [7, 11) is 0. The number of rotatable bonds is 4. The summed E-state index contributed by atoms with van der Waals surface area (Å²) in [5.41, 5.74) is 1.31. The maximum Gasteiger partial charge on any atom is 0.179 e. The molecule has 1 aliphatic rings. The molecule has 0 radical (unpaired) electrons. The number of thiocarbonyl (C=S) groups is 1. The van der Waals surface area contributed by atoms with E-state index in [9.17, 15) is 0 Å². The Labute approximate surface area is 205 Å². The second-order valence-corrected chi connectivity index (χ2v) is 10.8. The molecule has 1 aliphatic heterocycles. The molecule has 2 aromatic carbocycles. The Morgan fingerprint density at radius 2 is 1.65 bits per heavy atom. The molecule has 3 rings (SSSR count). The lowest BCUT2D eigenvalue weighted by molar-refractivity contribution is 0.367. The van der Waals surface area contributed by atoms with Crippen molar-refractivity contribution in [2.24, 2.45) is 10.4 Å². The van der Waals surface area contributed by atoms with Gasteiger partial charge in [0, 0.05) is 20.8 Å². The van der Waals surface area contributed by atoms with Gasteiger partial charge < -0.3 is 10.2 Å². The summed E-state index contributed by atoms with van der Waals surface area (Å²) in [6.07, 6.45) is 4.07. The van der Waals surface area contributed by atoms with Crippen LogP contribution in [-0.4, -0.2) is 22.5 Å². The Morgan fingerprint density at radius 1 is 1.03 bits per heavy atom. The van der Waals surface area contributed by atoms with Gasteiger partial charge in [0.05, 0.1) is 11.6 Å². The summed E-state index contributed by atoms with van der Waals surface area (Å²) in [6.45, 7) is 10.7. The van der Waals surface area contributed by atoms with E-state index >= 15 is 0 Å². The monoisotopic (exact) mass is 493 g/mol. The van der Waals surface area contributed by atoms with Gasteiger partial charge in [-0.25, -0.2) is 0 Å². The minimum atomic E-state index is -0.444. The van der Waals surface area contributed by atoms with Gasteiger partial charge in [-0.3, -0.25) is 4.99 Å². The smallest absolute Gasteiger partial charge is 0.179 e. The lowest BCUT2D eigenvalue weighted by atomic mass is 9.86. The summed E-state index contributed by atoms with van der Waals surface area (Å²) in [5.74, 6) is 0.819. The molecule has 0 unspecified atom stereocenters. The van der Waals surface area contributed by atoms with E-state index in [1.54, 1.807) is 6.07 Å². The molecule has 1 fully saturated rings. The van der Waals surface area contributed by atoms with Crippen LogP contribution in [0.25, 0.3) is 6.08 Å². The molecule has 3 nitrogen and oxygen atoms in total. The zero-order valence-corrected chi connectivity index (χ0v) is 21.3. The van der Waals surface area contributed by atoms with E-state index < -0.39 is 5.54 Å². The molecule has 0 saturated carbocycles. The van der Waals surface area contributed by atoms with Gasteiger partial charge in [-0.05, 0) is 73.4 Å². The molecular formula is C24H26Cl3N3S. The van der Waals surface area contributed by atoms with Crippen LogP contribution < -0.4 is 10.2 Å². The summed E-state index contributed by atoms with van der Waals surface area (Å²) < 4.78 is 0. The van der Waals surface area contributed by atoms with Gasteiger partial charge >= 0.3 is 0 Å². The number of nitrogens with one attached hydrogen (secondary N) is 1. The fraction of sp³-hybridized carbons (Fsp3) is 0.333. The van der Waals surface area contributed by atoms with Crippen molar-refractivity contribution in [2.75, 3.05) is 4.90 Å². The Morgan fingerprint density at radius 3 is 2.23 bits per heavy atom. The van der Waals surface area contributed by atoms with Crippen LogP contribution in [-0.2, 0) is 0 Å². The van der Waals surface area contributed by atoms with E-state index in [1.165, 1.54) is 0 Å². The number of nitrogens with zero attached hydrogens (tertiary/aromatic N) is 2. The fourth-order valence-electron chi connectivity index (χ4n) is 3.39. The minimum Gasteiger partial charge on any atom is -0.319 e. The molecular weight excluding hydrogens is 469 g/mol. The molecule has 1 saturated heterocycles. The Kier molecular flexibility index (Phi) is 7.07. The maximum atomic E-state index is 6.34. The first-order chi connectivity index (χ1) is 14.4. The lowest BCUT2D eigenvalue weighted by Gasteiger charge is -2.32. The van der Waals surface area contributed by atoms with Crippen molar-refractivity contribution in [3.63, 3.8) is 0 Å². The molecule has 0 spiro atoms. The third kappa shape index (κ3) is 5.43. The molecule has 7 heteroatoms. The van der Waals surface area contributed by atoms with E-state index in [0.29, 0.717) is 20.2 Å². The standard InChI is InChI=1S/C24H26Cl3N3S/c1-23(2,3)20(13-7-15-6-8-17(26)14-19(15)27)28-21-24(4,5)30(22(31)29-21)18-11-9-16(25)10-12-18/h6-14,20H,1-5H3,(H,28,29,31)/b13-7+/t20-/m0/s1. The normalized spacial score (nSPS) is 18.6. The molecule has 2 aromatic rings.